The van der Waals surface area contributed by atoms with Gasteiger partial charge in [-0.05, 0) is 43.2 Å². The molecule has 1 unspecified atom stereocenters. The quantitative estimate of drug-likeness (QED) is 0.700. The molecular weight excluding hydrogens is 395 g/mol. The fourth-order valence-electron chi connectivity index (χ4n) is 2.49. The van der Waals surface area contributed by atoms with Crippen molar-refractivity contribution >= 4 is 16.0 Å². The number of carbonyl (C=O) groups excluding carboxylic acids is 1. The van der Waals surface area contributed by atoms with Crippen molar-refractivity contribution in [3.05, 3.63) is 65.5 Å². The van der Waals surface area contributed by atoms with Crippen molar-refractivity contribution in [2.75, 3.05) is 0 Å². The predicted molar refractivity (Wildman–Crippen MR) is 96.2 cm³/mol. The lowest BCUT2D eigenvalue weighted by Gasteiger charge is -2.23. The van der Waals surface area contributed by atoms with Gasteiger partial charge >= 0.3 is 5.97 Å². The van der Waals surface area contributed by atoms with Crippen LogP contribution in [0.25, 0.3) is 0 Å². The maximum Gasteiger partial charge on any atom is 0.325 e. The summed E-state index contributed by atoms with van der Waals surface area (Å²) < 4.78 is 73.2. The van der Waals surface area contributed by atoms with Crippen molar-refractivity contribution in [1.29, 1.82) is 0 Å². The number of rotatable bonds is 7. The predicted octanol–water partition coefficient (Wildman–Crippen LogP) is 3.71. The minimum absolute atomic E-state index is 0.187. The van der Waals surface area contributed by atoms with Crippen molar-refractivity contribution in [3.8, 4) is 0 Å². The van der Waals surface area contributed by atoms with Gasteiger partial charge in [-0.2, -0.15) is 4.72 Å². The Hall–Kier alpha value is -2.39. The molecule has 0 heterocycles. The van der Waals surface area contributed by atoms with E-state index in [4.69, 9.17) is 4.74 Å². The van der Waals surface area contributed by atoms with E-state index in [9.17, 15) is 26.4 Å². The SMILES string of the molecule is CC(OC(=O)[C@@H](NS(=O)(=O)c1ccccc1F)C(C)C)c1cc(F)ccc1F. The van der Waals surface area contributed by atoms with Crippen LogP contribution in [0.3, 0.4) is 0 Å². The van der Waals surface area contributed by atoms with Gasteiger partial charge in [0.15, 0.2) is 0 Å². The van der Waals surface area contributed by atoms with E-state index < -0.39 is 56.4 Å². The topological polar surface area (TPSA) is 72.5 Å². The Kier molecular flexibility index (Phi) is 6.84. The maximum absolute atomic E-state index is 13.9. The first-order valence-corrected chi connectivity index (χ1v) is 9.93. The van der Waals surface area contributed by atoms with Crippen LogP contribution < -0.4 is 4.72 Å². The van der Waals surface area contributed by atoms with Crippen LogP contribution in [0.2, 0.25) is 0 Å². The third kappa shape index (κ3) is 5.11. The van der Waals surface area contributed by atoms with Crippen LogP contribution in [0, 0.1) is 23.4 Å². The summed E-state index contributed by atoms with van der Waals surface area (Å²) in [6.07, 6.45) is -1.16. The highest BCUT2D eigenvalue weighted by atomic mass is 32.2. The number of nitrogens with one attached hydrogen (secondary N) is 1. The maximum atomic E-state index is 13.9. The monoisotopic (exact) mass is 415 g/mol. The number of hydrogen-bond acceptors (Lipinski definition) is 4. The molecule has 0 bridgehead atoms. The molecule has 28 heavy (non-hydrogen) atoms. The van der Waals surface area contributed by atoms with Crippen LogP contribution in [-0.2, 0) is 19.6 Å². The molecule has 1 N–H and O–H groups in total. The van der Waals surface area contributed by atoms with Crippen LogP contribution in [0.4, 0.5) is 13.2 Å². The Balaban J connectivity index is 2.23. The molecule has 0 aliphatic heterocycles. The van der Waals surface area contributed by atoms with Crippen molar-refractivity contribution in [2.45, 2.75) is 37.8 Å². The van der Waals surface area contributed by atoms with Crippen LogP contribution in [-0.4, -0.2) is 20.4 Å². The molecule has 0 radical (unpaired) electrons. The van der Waals surface area contributed by atoms with E-state index in [0.29, 0.717) is 0 Å². The van der Waals surface area contributed by atoms with Gasteiger partial charge in [0, 0.05) is 5.56 Å². The Bertz CT molecular complexity index is 963. The van der Waals surface area contributed by atoms with Gasteiger partial charge in [-0.3, -0.25) is 4.79 Å². The smallest absolute Gasteiger partial charge is 0.325 e. The van der Waals surface area contributed by atoms with Crippen LogP contribution in [0.5, 0.6) is 0 Å². The van der Waals surface area contributed by atoms with Gasteiger partial charge < -0.3 is 4.74 Å². The van der Waals surface area contributed by atoms with Gasteiger partial charge in [-0.25, -0.2) is 21.6 Å². The standard InChI is InChI=1S/C19H20F3NO4S/c1-11(2)18(23-28(25,26)17-7-5-4-6-16(17)22)19(24)27-12(3)14-10-13(20)8-9-15(14)21/h4-12,18,23H,1-3H3/t12?,18-/m0/s1. The summed E-state index contributed by atoms with van der Waals surface area (Å²) in [5.41, 5.74) is -0.187. The second-order valence-electron chi connectivity index (χ2n) is 6.52. The molecule has 0 aliphatic rings. The van der Waals surface area contributed by atoms with Crippen LogP contribution >= 0.6 is 0 Å². The fraction of sp³-hybridized carbons (Fsp3) is 0.316. The molecule has 2 aromatic rings. The second kappa shape index (κ2) is 8.74. The van der Waals surface area contributed by atoms with Crippen LogP contribution in [0.15, 0.2) is 47.4 Å². The van der Waals surface area contributed by atoms with Crippen molar-refractivity contribution < 1.29 is 31.1 Å². The molecule has 0 amide bonds. The zero-order chi connectivity index (χ0) is 21.1. The minimum atomic E-state index is -4.36. The van der Waals surface area contributed by atoms with Gasteiger partial charge in [0.2, 0.25) is 10.0 Å². The Morgan fingerprint density at radius 2 is 1.64 bits per heavy atom. The molecule has 0 aliphatic carbocycles. The lowest BCUT2D eigenvalue weighted by atomic mass is 10.1. The largest absolute Gasteiger partial charge is 0.456 e. The number of benzene rings is 2. The van der Waals surface area contributed by atoms with Crippen molar-refractivity contribution in [2.24, 2.45) is 5.92 Å². The summed E-state index contributed by atoms with van der Waals surface area (Å²) >= 11 is 0. The third-order valence-electron chi connectivity index (χ3n) is 4.02. The first-order chi connectivity index (χ1) is 13.0. The van der Waals surface area contributed by atoms with Crippen molar-refractivity contribution in [1.82, 2.24) is 4.72 Å². The highest BCUT2D eigenvalue weighted by Crippen LogP contribution is 2.23. The fourth-order valence-corrected chi connectivity index (χ4v) is 3.90. The highest BCUT2D eigenvalue weighted by molar-refractivity contribution is 7.89. The molecular formula is C19H20F3NO4S. The van der Waals surface area contributed by atoms with E-state index >= 15 is 0 Å². The first-order valence-electron chi connectivity index (χ1n) is 8.45. The average molecular weight is 415 g/mol. The molecule has 0 fully saturated rings. The lowest BCUT2D eigenvalue weighted by molar-refractivity contribution is -0.152. The molecule has 152 valence electrons. The summed E-state index contributed by atoms with van der Waals surface area (Å²) in [5, 5.41) is 0. The normalized spacial score (nSPS) is 14.0. The number of ether oxygens (including phenoxy) is 1. The van der Waals surface area contributed by atoms with Gasteiger partial charge in [-0.15, -0.1) is 0 Å². The van der Waals surface area contributed by atoms with E-state index in [2.05, 4.69) is 4.72 Å². The average Bonchev–Trinajstić information content (AvgIpc) is 2.61. The second-order valence-corrected chi connectivity index (χ2v) is 8.20. The van der Waals surface area contributed by atoms with E-state index in [0.717, 1.165) is 30.3 Å². The highest BCUT2D eigenvalue weighted by Gasteiger charge is 2.32. The van der Waals surface area contributed by atoms with E-state index in [1.807, 2.05) is 0 Å². The van der Waals surface area contributed by atoms with Gasteiger partial charge in [-0.1, -0.05) is 26.0 Å². The summed E-state index contributed by atoms with van der Waals surface area (Å²) in [6, 6.07) is 6.07. The number of esters is 1. The molecule has 0 spiro atoms. The van der Waals surface area contributed by atoms with Gasteiger partial charge in [0.1, 0.15) is 34.5 Å². The zero-order valence-corrected chi connectivity index (χ0v) is 16.3. The van der Waals surface area contributed by atoms with Crippen LogP contribution in [0.1, 0.15) is 32.4 Å². The molecule has 9 heteroatoms. The molecule has 2 atom stereocenters. The van der Waals surface area contributed by atoms with Gasteiger partial charge in [0.25, 0.3) is 0 Å². The summed E-state index contributed by atoms with van der Waals surface area (Å²) in [6.45, 7) is 4.45. The Morgan fingerprint density at radius 1 is 1.00 bits per heavy atom. The van der Waals surface area contributed by atoms with E-state index in [-0.39, 0.29) is 5.56 Å². The summed E-state index contributed by atoms with van der Waals surface area (Å²) in [5.74, 6) is -4.00. The van der Waals surface area contributed by atoms with Crippen molar-refractivity contribution in [3.63, 3.8) is 0 Å². The number of carbonyl (C=O) groups is 1. The molecule has 5 nitrogen and oxygen atoms in total. The summed E-state index contributed by atoms with van der Waals surface area (Å²) in [7, 11) is -4.36. The van der Waals surface area contributed by atoms with Gasteiger partial charge in [0.05, 0.1) is 0 Å². The van der Waals surface area contributed by atoms with E-state index in [1.54, 1.807) is 13.8 Å². The molecule has 0 saturated heterocycles. The number of halogens is 3. The summed E-state index contributed by atoms with van der Waals surface area (Å²) in [4.78, 5) is 11.9. The minimum Gasteiger partial charge on any atom is -0.456 e. The number of sulfonamides is 1. The Morgan fingerprint density at radius 3 is 2.25 bits per heavy atom. The lowest BCUT2D eigenvalue weighted by Crippen LogP contribution is -2.45. The first kappa shape index (κ1) is 21.9. The Labute approximate surface area is 161 Å². The molecule has 2 aromatic carbocycles. The third-order valence-corrected chi connectivity index (χ3v) is 5.49. The molecule has 0 saturated carbocycles. The number of hydrogen-bond donors (Lipinski definition) is 1. The molecule has 2 rings (SSSR count). The molecule has 0 aromatic heterocycles. The van der Waals surface area contributed by atoms with E-state index in [1.165, 1.54) is 19.1 Å². The zero-order valence-electron chi connectivity index (χ0n) is 15.4.